The molecular formula is C23H20N2O. The van der Waals surface area contributed by atoms with Gasteiger partial charge in [-0.2, -0.15) is 0 Å². The third kappa shape index (κ3) is 2.92. The molecule has 0 atom stereocenters. The van der Waals surface area contributed by atoms with Crippen molar-refractivity contribution in [2.24, 2.45) is 10.7 Å². The fraction of sp³-hybridized carbons (Fsp3) is 0.130. The van der Waals surface area contributed by atoms with Crippen LogP contribution in [0.1, 0.15) is 41.0 Å². The van der Waals surface area contributed by atoms with Crippen LogP contribution in [0.4, 0.5) is 0 Å². The van der Waals surface area contributed by atoms with Gasteiger partial charge in [-0.05, 0) is 22.3 Å². The van der Waals surface area contributed by atoms with E-state index in [4.69, 9.17) is 10.7 Å². The molecule has 3 heteroatoms. The number of nitrogens with zero attached hydrogens (tertiary/aromatic N) is 1. The maximum Gasteiger partial charge on any atom is 0.246 e. The Morgan fingerprint density at radius 1 is 0.962 bits per heavy atom. The fourth-order valence-corrected chi connectivity index (χ4v) is 3.72. The Morgan fingerprint density at radius 3 is 2.12 bits per heavy atom. The molecule has 0 saturated carbocycles. The van der Waals surface area contributed by atoms with Gasteiger partial charge in [0.25, 0.3) is 0 Å². The lowest BCUT2D eigenvalue weighted by molar-refractivity contribution is -0.114. The molecule has 26 heavy (non-hydrogen) atoms. The maximum absolute atomic E-state index is 11.6. The normalized spacial score (nSPS) is 16.7. The van der Waals surface area contributed by atoms with Crippen molar-refractivity contribution in [3.8, 4) is 0 Å². The van der Waals surface area contributed by atoms with Crippen molar-refractivity contribution in [2.75, 3.05) is 0 Å². The summed E-state index contributed by atoms with van der Waals surface area (Å²) >= 11 is 0. The lowest BCUT2D eigenvalue weighted by Gasteiger charge is -2.22. The molecule has 0 radical (unpaired) electrons. The molecule has 1 heterocycles. The van der Waals surface area contributed by atoms with E-state index >= 15 is 0 Å². The van der Waals surface area contributed by atoms with Gasteiger partial charge < -0.3 is 5.73 Å². The molecule has 3 nitrogen and oxygen atoms in total. The number of allylic oxidation sites excluding steroid dienone is 1. The van der Waals surface area contributed by atoms with Crippen LogP contribution in [0.3, 0.4) is 0 Å². The van der Waals surface area contributed by atoms with Crippen LogP contribution in [0.25, 0.3) is 12.2 Å². The summed E-state index contributed by atoms with van der Waals surface area (Å²) in [5, 5.41) is 0. The largest absolute Gasteiger partial charge is 0.366 e. The number of benzene rings is 2. The lowest BCUT2D eigenvalue weighted by Crippen LogP contribution is -2.16. The predicted molar refractivity (Wildman–Crippen MR) is 107 cm³/mol. The molecule has 0 bridgehead atoms. The molecule has 1 aliphatic carbocycles. The molecule has 1 aliphatic heterocycles. The second kappa shape index (κ2) is 6.60. The molecule has 0 saturated heterocycles. The van der Waals surface area contributed by atoms with E-state index in [0.717, 1.165) is 11.3 Å². The van der Waals surface area contributed by atoms with Crippen molar-refractivity contribution in [1.82, 2.24) is 0 Å². The molecule has 2 aromatic carbocycles. The van der Waals surface area contributed by atoms with Gasteiger partial charge in [0.15, 0.2) is 0 Å². The first-order chi connectivity index (χ1) is 12.6. The van der Waals surface area contributed by atoms with Gasteiger partial charge >= 0.3 is 0 Å². The standard InChI is InChI=1S/C23H20N2O/c1-15-12-18(23(24)26)14-25-21(13-15)22-19-8-4-2-6-16(19)10-11-17-7-3-5-9-20(17)22/h2-11,14,22H,1,12-13H2,(H2,24,26). The highest BCUT2D eigenvalue weighted by Crippen LogP contribution is 2.38. The van der Waals surface area contributed by atoms with Gasteiger partial charge in [0.1, 0.15) is 0 Å². The van der Waals surface area contributed by atoms with Crippen molar-refractivity contribution in [3.05, 3.63) is 94.7 Å². The van der Waals surface area contributed by atoms with Crippen LogP contribution in [-0.4, -0.2) is 11.6 Å². The minimum Gasteiger partial charge on any atom is -0.366 e. The van der Waals surface area contributed by atoms with Crippen LogP contribution in [0, 0.1) is 0 Å². The molecule has 2 N–H and O–H groups in total. The monoisotopic (exact) mass is 340 g/mol. The van der Waals surface area contributed by atoms with Gasteiger partial charge in [-0.25, -0.2) is 0 Å². The van der Waals surface area contributed by atoms with Crippen molar-refractivity contribution in [3.63, 3.8) is 0 Å². The first kappa shape index (κ1) is 16.3. The average molecular weight is 340 g/mol. The van der Waals surface area contributed by atoms with E-state index in [-0.39, 0.29) is 5.92 Å². The zero-order chi connectivity index (χ0) is 18.1. The fourth-order valence-electron chi connectivity index (χ4n) is 3.72. The summed E-state index contributed by atoms with van der Waals surface area (Å²) in [6.07, 6.45) is 7.08. The Balaban J connectivity index is 1.91. The molecule has 128 valence electrons. The number of fused-ring (bicyclic) bond motifs is 2. The SMILES string of the molecule is C=C1CC(C(N)=O)=CN=C(C2c3ccccc3C=Cc3ccccc32)C1. The van der Waals surface area contributed by atoms with Gasteiger partial charge in [0.05, 0.1) is 0 Å². The van der Waals surface area contributed by atoms with E-state index in [1.165, 1.54) is 22.3 Å². The molecule has 2 aromatic rings. The van der Waals surface area contributed by atoms with E-state index in [9.17, 15) is 4.79 Å². The Kier molecular flexibility index (Phi) is 4.13. The summed E-state index contributed by atoms with van der Waals surface area (Å²) in [4.78, 5) is 16.3. The highest BCUT2D eigenvalue weighted by molar-refractivity contribution is 6.01. The molecule has 4 rings (SSSR count). The number of rotatable bonds is 2. The van der Waals surface area contributed by atoms with Gasteiger partial charge in [-0.3, -0.25) is 9.79 Å². The summed E-state index contributed by atoms with van der Waals surface area (Å²) in [6.45, 7) is 4.14. The quantitative estimate of drug-likeness (QED) is 0.806. The molecule has 0 aromatic heterocycles. The highest BCUT2D eigenvalue weighted by atomic mass is 16.1. The Labute approximate surface area is 153 Å². The van der Waals surface area contributed by atoms with Crippen molar-refractivity contribution in [2.45, 2.75) is 18.8 Å². The number of carbonyl (C=O) groups excluding carboxylic acids is 1. The van der Waals surface area contributed by atoms with Crippen molar-refractivity contribution >= 4 is 23.8 Å². The third-order valence-corrected chi connectivity index (χ3v) is 4.96. The Morgan fingerprint density at radius 2 is 1.54 bits per heavy atom. The van der Waals surface area contributed by atoms with Crippen molar-refractivity contribution in [1.29, 1.82) is 0 Å². The Bertz CT molecular complexity index is 945. The summed E-state index contributed by atoms with van der Waals surface area (Å²) in [7, 11) is 0. The zero-order valence-electron chi connectivity index (χ0n) is 14.5. The summed E-state index contributed by atoms with van der Waals surface area (Å²) < 4.78 is 0. The summed E-state index contributed by atoms with van der Waals surface area (Å²) in [6, 6.07) is 16.8. The molecule has 0 spiro atoms. The minimum atomic E-state index is -0.431. The maximum atomic E-state index is 11.6. The van der Waals surface area contributed by atoms with Gasteiger partial charge in [0.2, 0.25) is 5.91 Å². The van der Waals surface area contributed by atoms with Crippen LogP contribution in [-0.2, 0) is 4.79 Å². The van der Waals surface area contributed by atoms with Crippen LogP contribution < -0.4 is 5.73 Å². The second-order valence-corrected chi connectivity index (χ2v) is 6.77. The summed E-state index contributed by atoms with van der Waals surface area (Å²) in [5.41, 5.74) is 12.7. The number of carbonyl (C=O) groups is 1. The second-order valence-electron chi connectivity index (χ2n) is 6.77. The molecular weight excluding hydrogens is 320 g/mol. The highest BCUT2D eigenvalue weighted by Gasteiger charge is 2.27. The van der Waals surface area contributed by atoms with E-state index in [1.807, 2.05) is 0 Å². The smallest absolute Gasteiger partial charge is 0.246 e. The van der Waals surface area contributed by atoms with E-state index < -0.39 is 5.91 Å². The number of hydrogen-bond donors (Lipinski definition) is 1. The average Bonchev–Trinajstić information content (AvgIpc) is 2.93. The number of primary amides is 1. The molecule has 0 unspecified atom stereocenters. The predicted octanol–water partition coefficient (Wildman–Crippen LogP) is 4.46. The molecule has 2 aliphatic rings. The number of aliphatic imine (C=N–C) groups is 1. The third-order valence-electron chi connectivity index (χ3n) is 4.96. The lowest BCUT2D eigenvalue weighted by atomic mass is 9.82. The van der Waals surface area contributed by atoms with Gasteiger partial charge in [0, 0.05) is 36.2 Å². The number of hydrogen-bond acceptors (Lipinski definition) is 2. The first-order valence-electron chi connectivity index (χ1n) is 8.71. The van der Waals surface area contributed by atoms with Crippen LogP contribution >= 0.6 is 0 Å². The van der Waals surface area contributed by atoms with Crippen LogP contribution in [0.15, 0.2) is 77.4 Å². The van der Waals surface area contributed by atoms with Crippen LogP contribution in [0.2, 0.25) is 0 Å². The molecule has 1 amide bonds. The van der Waals surface area contributed by atoms with Crippen LogP contribution in [0.5, 0.6) is 0 Å². The Hall–Kier alpha value is -3.20. The topological polar surface area (TPSA) is 55.5 Å². The van der Waals surface area contributed by atoms with E-state index in [1.54, 1.807) is 6.20 Å². The zero-order valence-corrected chi connectivity index (χ0v) is 14.5. The number of nitrogens with two attached hydrogens (primary N) is 1. The van der Waals surface area contributed by atoms with Gasteiger partial charge in [-0.15, -0.1) is 0 Å². The van der Waals surface area contributed by atoms with Gasteiger partial charge in [-0.1, -0.05) is 72.8 Å². The van der Waals surface area contributed by atoms with E-state index in [0.29, 0.717) is 18.4 Å². The molecule has 0 fully saturated rings. The minimum absolute atomic E-state index is 0.0256. The summed E-state index contributed by atoms with van der Waals surface area (Å²) in [5.74, 6) is -0.405. The number of amides is 1. The van der Waals surface area contributed by atoms with Crippen molar-refractivity contribution < 1.29 is 4.79 Å². The van der Waals surface area contributed by atoms with E-state index in [2.05, 4.69) is 67.3 Å². The first-order valence-corrected chi connectivity index (χ1v) is 8.71.